The predicted octanol–water partition coefficient (Wildman–Crippen LogP) is 4.75. The van der Waals surface area contributed by atoms with Crippen molar-refractivity contribution in [2.45, 2.75) is 51.5 Å². The summed E-state index contributed by atoms with van der Waals surface area (Å²) in [5.41, 5.74) is 3.92. The molecule has 0 bridgehead atoms. The van der Waals surface area contributed by atoms with E-state index in [0.717, 1.165) is 5.92 Å². The molecule has 0 radical (unpaired) electrons. The summed E-state index contributed by atoms with van der Waals surface area (Å²) < 4.78 is 0. The van der Waals surface area contributed by atoms with Crippen LogP contribution >= 0.6 is 11.6 Å². The molecule has 0 spiro atoms. The van der Waals surface area contributed by atoms with Gasteiger partial charge in [-0.05, 0) is 42.9 Å². The summed E-state index contributed by atoms with van der Waals surface area (Å²) in [5.74, 6) is 1.40. The number of aryl methyl sites for hydroxylation is 1. The fourth-order valence-electron chi connectivity index (χ4n) is 3.25. The molecule has 1 nitrogen and oxygen atoms in total. The number of rotatable bonds is 3. The number of nitrogens with zero attached hydrogens (tertiary/aromatic N) is 1. The molecule has 1 aromatic carbocycles. The SMILES string of the molecule is Cc1cc(CCl)ccc1N(C)C1CCCCC1C. The third-order valence-corrected chi connectivity index (χ3v) is 4.67. The molecule has 100 valence electrons. The third-order valence-electron chi connectivity index (χ3n) is 4.36. The highest BCUT2D eigenvalue weighted by molar-refractivity contribution is 6.17. The number of hydrogen-bond acceptors (Lipinski definition) is 1. The maximum Gasteiger partial charge on any atom is 0.0474 e. The van der Waals surface area contributed by atoms with E-state index >= 15 is 0 Å². The van der Waals surface area contributed by atoms with E-state index in [1.165, 1.54) is 42.5 Å². The Kier molecular flexibility index (Phi) is 4.55. The van der Waals surface area contributed by atoms with Crippen LogP contribution in [0.3, 0.4) is 0 Å². The molecule has 0 N–H and O–H groups in total. The second kappa shape index (κ2) is 5.97. The lowest BCUT2D eigenvalue weighted by Gasteiger charge is -2.38. The zero-order valence-electron chi connectivity index (χ0n) is 11.7. The summed E-state index contributed by atoms with van der Waals surface area (Å²) in [6.07, 6.45) is 5.47. The molecule has 0 aromatic heterocycles. The predicted molar refractivity (Wildman–Crippen MR) is 80.6 cm³/mol. The molecule has 2 rings (SSSR count). The van der Waals surface area contributed by atoms with Gasteiger partial charge in [0, 0.05) is 24.7 Å². The first-order chi connectivity index (χ1) is 8.63. The van der Waals surface area contributed by atoms with Crippen LogP contribution in [0.25, 0.3) is 0 Å². The topological polar surface area (TPSA) is 3.24 Å². The zero-order valence-corrected chi connectivity index (χ0v) is 12.5. The average molecular weight is 266 g/mol. The maximum atomic E-state index is 5.89. The van der Waals surface area contributed by atoms with Gasteiger partial charge in [0.1, 0.15) is 0 Å². The fraction of sp³-hybridized carbons (Fsp3) is 0.625. The van der Waals surface area contributed by atoms with Crippen molar-refractivity contribution in [3.8, 4) is 0 Å². The fourth-order valence-corrected chi connectivity index (χ4v) is 3.41. The van der Waals surface area contributed by atoms with Crippen LogP contribution in [-0.4, -0.2) is 13.1 Å². The number of alkyl halides is 1. The molecule has 0 saturated heterocycles. The summed E-state index contributed by atoms with van der Waals surface area (Å²) in [5, 5.41) is 0. The Hall–Kier alpha value is -0.690. The van der Waals surface area contributed by atoms with Crippen LogP contribution in [0.15, 0.2) is 18.2 Å². The highest BCUT2D eigenvalue weighted by Gasteiger charge is 2.25. The van der Waals surface area contributed by atoms with Gasteiger partial charge in [0.25, 0.3) is 0 Å². The third kappa shape index (κ3) is 2.83. The molecule has 1 saturated carbocycles. The monoisotopic (exact) mass is 265 g/mol. The Morgan fingerprint density at radius 3 is 2.61 bits per heavy atom. The number of benzene rings is 1. The maximum absolute atomic E-state index is 5.89. The Morgan fingerprint density at radius 1 is 1.28 bits per heavy atom. The zero-order chi connectivity index (χ0) is 13.1. The smallest absolute Gasteiger partial charge is 0.0474 e. The van der Waals surface area contributed by atoms with Crippen molar-refractivity contribution in [3.05, 3.63) is 29.3 Å². The highest BCUT2D eigenvalue weighted by Crippen LogP contribution is 2.32. The number of anilines is 1. The van der Waals surface area contributed by atoms with Crippen molar-refractivity contribution in [3.63, 3.8) is 0 Å². The first-order valence-corrected chi connectivity index (χ1v) is 7.55. The Labute approximate surface area is 116 Å². The molecule has 1 aliphatic carbocycles. The van der Waals surface area contributed by atoms with Crippen LogP contribution < -0.4 is 4.90 Å². The van der Waals surface area contributed by atoms with Crippen molar-refractivity contribution < 1.29 is 0 Å². The average Bonchev–Trinajstić information content (AvgIpc) is 2.38. The van der Waals surface area contributed by atoms with Gasteiger partial charge in [0.15, 0.2) is 0 Å². The van der Waals surface area contributed by atoms with Crippen molar-refractivity contribution >= 4 is 17.3 Å². The van der Waals surface area contributed by atoms with E-state index in [9.17, 15) is 0 Å². The first-order valence-electron chi connectivity index (χ1n) is 7.02. The molecule has 2 atom stereocenters. The van der Waals surface area contributed by atoms with Crippen molar-refractivity contribution in [1.29, 1.82) is 0 Å². The van der Waals surface area contributed by atoms with Crippen molar-refractivity contribution in [1.82, 2.24) is 0 Å². The quantitative estimate of drug-likeness (QED) is 0.713. The molecule has 1 aromatic rings. The Balaban J connectivity index is 2.19. The van der Waals surface area contributed by atoms with Crippen LogP contribution in [0, 0.1) is 12.8 Å². The van der Waals surface area contributed by atoms with Gasteiger partial charge < -0.3 is 4.90 Å². The largest absolute Gasteiger partial charge is 0.371 e. The second-order valence-electron chi connectivity index (χ2n) is 5.69. The molecule has 2 heteroatoms. The van der Waals surface area contributed by atoms with Crippen LogP contribution in [-0.2, 0) is 5.88 Å². The van der Waals surface area contributed by atoms with Gasteiger partial charge >= 0.3 is 0 Å². The van der Waals surface area contributed by atoms with E-state index in [-0.39, 0.29) is 0 Å². The summed E-state index contributed by atoms with van der Waals surface area (Å²) in [6.45, 7) is 4.58. The van der Waals surface area contributed by atoms with Crippen molar-refractivity contribution in [2.75, 3.05) is 11.9 Å². The minimum absolute atomic E-state index is 0.602. The lowest BCUT2D eigenvalue weighted by molar-refractivity contribution is 0.321. The van der Waals surface area contributed by atoms with Crippen LogP contribution in [0.5, 0.6) is 0 Å². The normalized spacial score (nSPS) is 24.0. The van der Waals surface area contributed by atoms with E-state index in [1.54, 1.807) is 0 Å². The van der Waals surface area contributed by atoms with Gasteiger partial charge in [-0.2, -0.15) is 0 Å². The number of hydrogen-bond donors (Lipinski definition) is 0. The molecule has 18 heavy (non-hydrogen) atoms. The molecule has 0 amide bonds. The molecular formula is C16H24ClN. The van der Waals surface area contributed by atoms with E-state index in [2.05, 4.69) is 44.0 Å². The summed E-state index contributed by atoms with van der Waals surface area (Å²) >= 11 is 5.89. The van der Waals surface area contributed by atoms with E-state index in [1.807, 2.05) is 0 Å². The summed E-state index contributed by atoms with van der Waals surface area (Å²) in [4.78, 5) is 2.48. The van der Waals surface area contributed by atoms with E-state index in [4.69, 9.17) is 11.6 Å². The minimum Gasteiger partial charge on any atom is -0.371 e. The molecule has 0 aliphatic heterocycles. The lowest BCUT2D eigenvalue weighted by atomic mass is 9.84. The first kappa shape index (κ1) is 13.7. The van der Waals surface area contributed by atoms with Crippen LogP contribution in [0.4, 0.5) is 5.69 Å². The summed E-state index contributed by atoms with van der Waals surface area (Å²) in [7, 11) is 2.25. The van der Waals surface area contributed by atoms with Crippen LogP contribution in [0.2, 0.25) is 0 Å². The van der Waals surface area contributed by atoms with Gasteiger partial charge in [-0.3, -0.25) is 0 Å². The molecule has 1 fully saturated rings. The standard InChI is InChI=1S/C16H24ClN/c1-12-6-4-5-7-15(12)18(3)16-9-8-14(11-17)10-13(16)2/h8-10,12,15H,4-7,11H2,1-3H3. The van der Waals surface area contributed by atoms with Gasteiger partial charge in [-0.15, -0.1) is 11.6 Å². The summed E-state index contributed by atoms with van der Waals surface area (Å²) in [6, 6.07) is 7.29. The highest BCUT2D eigenvalue weighted by atomic mass is 35.5. The molecule has 2 unspecified atom stereocenters. The molecular weight excluding hydrogens is 242 g/mol. The Bertz CT molecular complexity index is 402. The van der Waals surface area contributed by atoms with E-state index in [0.29, 0.717) is 11.9 Å². The lowest BCUT2D eigenvalue weighted by Crippen LogP contribution is -2.39. The van der Waals surface area contributed by atoms with Crippen LogP contribution in [0.1, 0.15) is 43.7 Å². The minimum atomic E-state index is 0.602. The van der Waals surface area contributed by atoms with Gasteiger partial charge in [-0.25, -0.2) is 0 Å². The van der Waals surface area contributed by atoms with Gasteiger partial charge in [-0.1, -0.05) is 31.9 Å². The Morgan fingerprint density at radius 2 is 2.00 bits per heavy atom. The molecule has 0 heterocycles. The van der Waals surface area contributed by atoms with E-state index < -0.39 is 0 Å². The molecule has 1 aliphatic rings. The van der Waals surface area contributed by atoms with Crippen molar-refractivity contribution in [2.24, 2.45) is 5.92 Å². The second-order valence-corrected chi connectivity index (χ2v) is 5.96. The van der Waals surface area contributed by atoms with Gasteiger partial charge in [0.05, 0.1) is 0 Å². The van der Waals surface area contributed by atoms with Gasteiger partial charge in [0.2, 0.25) is 0 Å². The number of halogens is 1.